The molecule has 36 heavy (non-hydrogen) atoms. The highest BCUT2D eigenvalue weighted by atomic mass is 16.7. The zero-order chi connectivity index (χ0) is 25.6. The molecule has 0 radical (unpaired) electrons. The number of nitrogens with one attached hydrogen (secondary N) is 1. The van der Waals surface area contributed by atoms with Crippen LogP contribution in [-0.4, -0.2) is 51.4 Å². The lowest BCUT2D eigenvalue weighted by molar-refractivity contribution is -0.152. The number of nitrogens with zero attached hydrogens (tertiary/aromatic N) is 1. The molecule has 0 spiro atoms. The third-order valence-corrected chi connectivity index (χ3v) is 7.23. The maximum Gasteiger partial charge on any atom is 0.326 e. The van der Waals surface area contributed by atoms with Gasteiger partial charge in [-0.1, -0.05) is 19.4 Å². The van der Waals surface area contributed by atoms with Crippen molar-refractivity contribution in [3.05, 3.63) is 42.0 Å². The van der Waals surface area contributed by atoms with E-state index in [-0.39, 0.29) is 6.79 Å². The van der Waals surface area contributed by atoms with Crippen LogP contribution < -0.4 is 29.2 Å². The zero-order valence-electron chi connectivity index (χ0n) is 20.5. The molecule has 2 fully saturated rings. The number of carbonyl (C=O) groups is 3. The molecule has 1 N–H and O–H groups in total. The van der Waals surface area contributed by atoms with Crippen LogP contribution in [0.25, 0.3) is 0 Å². The lowest BCUT2D eigenvalue weighted by Crippen LogP contribution is -2.56. The second-order valence-corrected chi connectivity index (χ2v) is 9.00. The van der Waals surface area contributed by atoms with Crippen molar-refractivity contribution in [3.8, 4) is 23.0 Å². The van der Waals surface area contributed by atoms with Crippen molar-refractivity contribution >= 4 is 23.5 Å². The van der Waals surface area contributed by atoms with E-state index < -0.39 is 41.2 Å². The van der Waals surface area contributed by atoms with Crippen molar-refractivity contribution in [3.63, 3.8) is 0 Å². The van der Waals surface area contributed by atoms with Gasteiger partial charge in [0, 0.05) is 12.1 Å². The second kappa shape index (κ2) is 9.02. The molecular formula is C26H28N2O8. The summed E-state index contributed by atoms with van der Waals surface area (Å²) in [6.07, 6.45) is 0.911. The van der Waals surface area contributed by atoms with Crippen molar-refractivity contribution in [2.45, 2.75) is 31.3 Å². The van der Waals surface area contributed by atoms with Crippen LogP contribution in [0, 0.1) is 11.8 Å². The quantitative estimate of drug-likeness (QED) is 0.457. The fraction of sp³-hybridized carbons (Fsp3) is 0.423. The minimum absolute atomic E-state index is 0.0686. The minimum atomic E-state index is -1.37. The van der Waals surface area contributed by atoms with E-state index in [4.69, 9.17) is 23.7 Å². The van der Waals surface area contributed by atoms with Gasteiger partial charge in [0.2, 0.25) is 18.6 Å². The van der Waals surface area contributed by atoms with Gasteiger partial charge in [-0.2, -0.15) is 0 Å². The number of ether oxygens (including phenoxy) is 5. The monoisotopic (exact) mass is 496 g/mol. The highest BCUT2D eigenvalue weighted by Crippen LogP contribution is 2.52. The van der Waals surface area contributed by atoms with E-state index in [1.165, 1.54) is 21.3 Å². The molecule has 3 aliphatic heterocycles. The Bertz CT molecular complexity index is 1230. The number of hydrogen-bond acceptors (Lipinski definition) is 9. The van der Waals surface area contributed by atoms with Gasteiger partial charge in [0.25, 0.3) is 0 Å². The maximum atomic E-state index is 13.9. The van der Waals surface area contributed by atoms with Crippen LogP contribution in [0.15, 0.2) is 36.4 Å². The van der Waals surface area contributed by atoms with Crippen molar-refractivity contribution in [1.29, 1.82) is 0 Å². The van der Waals surface area contributed by atoms with Gasteiger partial charge in [0.15, 0.2) is 23.0 Å². The fourth-order valence-electron chi connectivity index (χ4n) is 5.71. The number of benzene rings is 2. The van der Waals surface area contributed by atoms with E-state index in [9.17, 15) is 14.4 Å². The third kappa shape index (κ3) is 3.39. The van der Waals surface area contributed by atoms with E-state index in [0.29, 0.717) is 47.1 Å². The van der Waals surface area contributed by atoms with Crippen molar-refractivity contribution in [2.24, 2.45) is 11.8 Å². The second-order valence-electron chi connectivity index (χ2n) is 9.00. The van der Waals surface area contributed by atoms with Gasteiger partial charge in [-0.05, 0) is 36.2 Å². The van der Waals surface area contributed by atoms with E-state index >= 15 is 0 Å². The highest BCUT2D eigenvalue weighted by molar-refractivity contribution is 6.24. The van der Waals surface area contributed by atoms with Crippen LogP contribution in [-0.2, 0) is 19.1 Å². The third-order valence-electron chi connectivity index (χ3n) is 7.23. The summed E-state index contributed by atoms with van der Waals surface area (Å²) < 4.78 is 26.8. The van der Waals surface area contributed by atoms with E-state index in [1.54, 1.807) is 36.4 Å². The Kier molecular flexibility index (Phi) is 5.99. The van der Waals surface area contributed by atoms with Gasteiger partial charge in [-0.25, -0.2) is 4.90 Å². The molecule has 0 unspecified atom stereocenters. The number of amides is 2. The molecule has 0 aliphatic carbocycles. The van der Waals surface area contributed by atoms with Crippen LogP contribution in [0.1, 0.15) is 31.4 Å². The van der Waals surface area contributed by atoms with Crippen LogP contribution in [0.2, 0.25) is 0 Å². The van der Waals surface area contributed by atoms with Gasteiger partial charge < -0.3 is 23.7 Å². The molecule has 2 aromatic carbocycles. The molecule has 0 saturated carbocycles. The predicted molar refractivity (Wildman–Crippen MR) is 127 cm³/mol. The normalized spacial score (nSPS) is 26.2. The first-order valence-electron chi connectivity index (χ1n) is 11.8. The van der Waals surface area contributed by atoms with Crippen LogP contribution in [0.4, 0.5) is 5.69 Å². The summed E-state index contributed by atoms with van der Waals surface area (Å²) in [6, 6.07) is 9.57. The molecule has 10 nitrogen and oxygen atoms in total. The molecule has 2 aromatic rings. The first-order valence-corrected chi connectivity index (χ1v) is 11.8. The molecule has 3 heterocycles. The number of imide groups is 1. The topological polar surface area (TPSA) is 113 Å². The first kappa shape index (κ1) is 23.9. The number of methoxy groups -OCH3 is 3. The molecule has 4 atom stereocenters. The number of carbonyl (C=O) groups excluding carboxylic acids is 3. The van der Waals surface area contributed by atoms with Gasteiger partial charge in [0.1, 0.15) is 5.54 Å². The van der Waals surface area contributed by atoms with Crippen molar-refractivity contribution in [2.75, 3.05) is 33.0 Å². The summed E-state index contributed by atoms with van der Waals surface area (Å²) in [7, 11) is 4.35. The summed E-state index contributed by atoms with van der Waals surface area (Å²) in [6.45, 7) is 1.99. The fourth-order valence-corrected chi connectivity index (χ4v) is 5.71. The molecule has 10 heteroatoms. The average molecular weight is 497 g/mol. The summed E-state index contributed by atoms with van der Waals surface area (Å²) in [5.74, 6) is -1.24. The zero-order valence-corrected chi connectivity index (χ0v) is 20.5. The Morgan fingerprint density at radius 1 is 1.03 bits per heavy atom. The van der Waals surface area contributed by atoms with E-state index in [0.717, 1.165) is 4.90 Å². The van der Waals surface area contributed by atoms with Crippen molar-refractivity contribution < 1.29 is 38.1 Å². The van der Waals surface area contributed by atoms with Gasteiger partial charge >= 0.3 is 5.97 Å². The molecule has 0 bridgehead atoms. The number of anilines is 1. The number of esters is 1. The van der Waals surface area contributed by atoms with Crippen molar-refractivity contribution in [1.82, 2.24) is 5.32 Å². The molecule has 2 amide bonds. The lowest BCUT2D eigenvalue weighted by atomic mass is 9.77. The summed E-state index contributed by atoms with van der Waals surface area (Å²) in [5, 5.41) is 3.35. The summed E-state index contributed by atoms with van der Waals surface area (Å²) >= 11 is 0. The molecule has 3 aliphatic rings. The summed E-state index contributed by atoms with van der Waals surface area (Å²) in [4.78, 5) is 42.3. The SMILES string of the molecule is CCC[C@]1(C(=O)OC)N[C@H](c2ccc(OC)c(OC)c2)[C@@H]2C(=O)N(c3ccc4c(c3)OCO4)C(=O)[C@@H]21. The highest BCUT2D eigenvalue weighted by Gasteiger charge is 2.68. The standard InChI is InChI=1S/C26H28N2O8/c1-5-10-26(25(31)34-4)21-20(22(27-26)14-6-8-16(32-2)18(11-14)33-3)23(29)28(24(21)30)15-7-9-17-19(12-15)36-13-35-17/h6-9,11-12,20-22,27H,5,10,13H2,1-4H3/t20-,21-,22-,26+/m1/s1. The Labute approximate surface area is 208 Å². The number of hydrogen-bond donors (Lipinski definition) is 1. The van der Waals surface area contributed by atoms with Gasteiger partial charge in [-0.15, -0.1) is 0 Å². The van der Waals surface area contributed by atoms with Gasteiger partial charge in [-0.3, -0.25) is 19.7 Å². The summed E-state index contributed by atoms with van der Waals surface area (Å²) in [5.41, 5.74) is -0.313. The van der Waals surface area contributed by atoms with E-state index in [2.05, 4.69) is 5.32 Å². The van der Waals surface area contributed by atoms with Crippen LogP contribution in [0.5, 0.6) is 23.0 Å². The average Bonchev–Trinajstić information content (AvgIpc) is 3.57. The van der Waals surface area contributed by atoms with E-state index in [1.807, 2.05) is 6.92 Å². The smallest absolute Gasteiger partial charge is 0.326 e. The van der Waals surface area contributed by atoms with Gasteiger partial charge in [0.05, 0.1) is 38.9 Å². The molecule has 0 aromatic heterocycles. The first-order chi connectivity index (χ1) is 17.4. The van der Waals surface area contributed by atoms with Crippen LogP contribution in [0.3, 0.4) is 0 Å². The Balaban J connectivity index is 1.63. The Morgan fingerprint density at radius 2 is 1.78 bits per heavy atom. The minimum Gasteiger partial charge on any atom is -0.493 e. The Morgan fingerprint density at radius 3 is 2.47 bits per heavy atom. The number of fused-ring (bicyclic) bond motifs is 2. The molecule has 190 valence electrons. The largest absolute Gasteiger partial charge is 0.493 e. The predicted octanol–water partition coefficient (Wildman–Crippen LogP) is 2.59. The molecule has 5 rings (SSSR count). The molecular weight excluding hydrogens is 468 g/mol. The van der Waals surface area contributed by atoms with Crippen LogP contribution >= 0.6 is 0 Å². The number of rotatable bonds is 7. The maximum absolute atomic E-state index is 13.9. The molecule has 2 saturated heterocycles. The Hall–Kier alpha value is -3.79. The lowest BCUT2D eigenvalue weighted by Gasteiger charge is -2.32.